The van der Waals surface area contributed by atoms with Crippen molar-refractivity contribution in [1.82, 2.24) is 15.3 Å². The van der Waals surface area contributed by atoms with Gasteiger partial charge in [-0.05, 0) is 26.8 Å². The van der Waals surface area contributed by atoms with Crippen LogP contribution in [0, 0.1) is 6.92 Å². The van der Waals surface area contributed by atoms with Gasteiger partial charge in [0.05, 0.1) is 12.2 Å². The van der Waals surface area contributed by atoms with E-state index in [2.05, 4.69) is 27.2 Å². The first-order valence-corrected chi connectivity index (χ1v) is 6.12. The average Bonchev–Trinajstić information content (AvgIpc) is 2.85. The van der Waals surface area contributed by atoms with Gasteiger partial charge in [0.25, 0.3) is 0 Å². The normalized spacial score (nSPS) is 19.4. The van der Waals surface area contributed by atoms with Crippen molar-refractivity contribution in [2.75, 3.05) is 31.6 Å². The highest BCUT2D eigenvalue weighted by atomic mass is 16.5. The summed E-state index contributed by atoms with van der Waals surface area (Å²) in [4.78, 5) is 10.8. The van der Waals surface area contributed by atoms with Gasteiger partial charge in [-0.1, -0.05) is 0 Å². The SMILES string of the molecule is CCOc1ncnc(N(C)C2CCNC2)c1C. The first-order chi connectivity index (χ1) is 8.24. The molecule has 1 saturated heterocycles. The summed E-state index contributed by atoms with van der Waals surface area (Å²) in [6, 6.07) is 0.512. The van der Waals surface area contributed by atoms with Crippen molar-refractivity contribution < 1.29 is 4.74 Å². The van der Waals surface area contributed by atoms with Crippen molar-refractivity contribution >= 4 is 5.82 Å². The van der Waals surface area contributed by atoms with Gasteiger partial charge in [-0.25, -0.2) is 9.97 Å². The predicted octanol–water partition coefficient (Wildman–Crippen LogP) is 0.982. The van der Waals surface area contributed by atoms with Gasteiger partial charge in [0, 0.05) is 19.6 Å². The highest BCUT2D eigenvalue weighted by Gasteiger charge is 2.22. The summed E-state index contributed by atoms with van der Waals surface area (Å²) >= 11 is 0. The summed E-state index contributed by atoms with van der Waals surface area (Å²) in [7, 11) is 2.09. The maximum Gasteiger partial charge on any atom is 0.221 e. The maximum absolute atomic E-state index is 5.50. The summed E-state index contributed by atoms with van der Waals surface area (Å²) in [6.45, 7) is 6.71. The Kier molecular flexibility index (Phi) is 3.78. The molecular formula is C12H20N4O. The molecule has 1 aliphatic heterocycles. The van der Waals surface area contributed by atoms with Crippen molar-refractivity contribution in [3.05, 3.63) is 11.9 Å². The van der Waals surface area contributed by atoms with Gasteiger partial charge in [0.15, 0.2) is 0 Å². The van der Waals surface area contributed by atoms with E-state index in [9.17, 15) is 0 Å². The lowest BCUT2D eigenvalue weighted by Gasteiger charge is -2.26. The average molecular weight is 236 g/mol. The molecule has 0 bridgehead atoms. The molecule has 5 heteroatoms. The second-order valence-corrected chi connectivity index (χ2v) is 4.32. The lowest BCUT2D eigenvalue weighted by Crippen LogP contribution is -2.34. The highest BCUT2D eigenvalue weighted by Crippen LogP contribution is 2.25. The molecule has 0 radical (unpaired) electrons. The second kappa shape index (κ2) is 5.31. The van der Waals surface area contributed by atoms with Crippen LogP contribution in [0.1, 0.15) is 18.9 Å². The molecule has 1 aromatic rings. The number of ether oxygens (including phenoxy) is 1. The van der Waals surface area contributed by atoms with E-state index in [-0.39, 0.29) is 0 Å². The van der Waals surface area contributed by atoms with Crippen LogP contribution in [0.3, 0.4) is 0 Å². The molecule has 5 nitrogen and oxygen atoms in total. The van der Waals surface area contributed by atoms with E-state index in [1.165, 1.54) is 0 Å². The number of rotatable bonds is 4. The minimum Gasteiger partial charge on any atom is -0.478 e. The third kappa shape index (κ3) is 2.49. The van der Waals surface area contributed by atoms with Crippen LogP contribution in [0.5, 0.6) is 5.88 Å². The van der Waals surface area contributed by atoms with Crippen molar-refractivity contribution in [2.24, 2.45) is 0 Å². The zero-order chi connectivity index (χ0) is 12.3. The fourth-order valence-corrected chi connectivity index (χ4v) is 2.21. The summed E-state index contributed by atoms with van der Waals surface area (Å²) in [5.41, 5.74) is 1.02. The van der Waals surface area contributed by atoms with Crippen LogP contribution in [-0.2, 0) is 0 Å². The van der Waals surface area contributed by atoms with Crippen molar-refractivity contribution in [2.45, 2.75) is 26.3 Å². The zero-order valence-corrected chi connectivity index (χ0v) is 10.7. The Hall–Kier alpha value is -1.36. The topological polar surface area (TPSA) is 50.3 Å². The quantitative estimate of drug-likeness (QED) is 0.844. The molecule has 1 unspecified atom stereocenters. The summed E-state index contributed by atoms with van der Waals surface area (Å²) in [5.74, 6) is 1.66. The van der Waals surface area contributed by atoms with Crippen LogP contribution in [0.2, 0.25) is 0 Å². The van der Waals surface area contributed by atoms with Gasteiger partial charge >= 0.3 is 0 Å². The minimum absolute atomic E-state index is 0.512. The van der Waals surface area contributed by atoms with E-state index in [4.69, 9.17) is 4.74 Å². The van der Waals surface area contributed by atoms with E-state index in [0.29, 0.717) is 18.5 Å². The molecule has 0 saturated carbocycles. The second-order valence-electron chi connectivity index (χ2n) is 4.32. The Labute approximate surface area is 102 Å². The van der Waals surface area contributed by atoms with Crippen molar-refractivity contribution in [3.63, 3.8) is 0 Å². The first-order valence-electron chi connectivity index (χ1n) is 6.12. The first kappa shape index (κ1) is 12.1. The summed E-state index contributed by atoms with van der Waals surface area (Å²) in [5, 5.41) is 3.37. The van der Waals surface area contributed by atoms with Crippen LogP contribution in [0.15, 0.2) is 6.33 Å². The van der Waals surface area contributed by atoms with Gasteiger partial charge in [0.2, 0.25) is 5.88 Å². The molecule has 1 aliphatic rings. The highest BCUT2D eigenvalue weighted by molar-refractivity contribution is 5.50. The van der Waals surface area contributed by atoms with Crippen LogP contribution < -0.4 is 15.0 Å². The third-order valence-electron chi connectivity index (χ3n) is 3.21. The van der Waals surface area contributed by atoms with E-state index in [1.54, 1.807) is 6.33 Å². The number of hydrogen-bond donors (Lipinski definition) is 1. The van der Waals surface area contributed by atoms with Crippen LogP contribution >= 0.6 is 0 Å². The smallest absolute Gasteiger partial charge is 0.221 e. The molecule has 94 valence electrons. The maximum atomic E-state index is 5.50. The molecule has 1 N–H and O–H groups in total. The molecule has 0 amide bonds. The van der Waals surface area contributed by atoms with Crippen LogP contribution in [0.4, 0.5) is 5.82 Å². The van der Waals surface area contributed by atoms with Crippen molar-refractivity contribution in [3.8, 4) is 5.88 Å². The number of likely N-dealkylation sites (N-methyl/N-ethyl adjacent to an activating group) is 1. The summed E-state index contributed by atoms with van der Waals surface area (Å²) < 4.78 is 5.50. The van der Waals surface area contributed by atoms with E-state index in [1.807, 2.05) is 13.8 Å². The van der Waals surface area contributed by atoms with Gasteiger partial charge in [0.1, 0.15) is 12.1 Å². The largest absolute Gasteiger partial charge is 0.478 e. The Morgan fingerprint density at radius 3 is 3.00 bits per heavy atom. The number of nitrogens with zero attached hydrogens (tertiary/aromatic N) is 3. The fraction of sp³-hybridized carbons (Fsp3) is 0.667. The molecule has 0 aliphatic carbocycles. The minimum atomic E-state index is 0.512. The Morgan fingerprint density at radius 2 is 2.35 bits per heavy atom. The van der Waals surface area contributed by atoms with E-state index < -0.39 is 0 Å². The molecule has 2 rings (SSSR count). The standard InChI is InChI=1S/C12H20N4O/c1-4-17-12-9(2)11(14-8-15-12)16(3)10-5-6-13-7-10/h8,10,13H,4-7H2,1-3H3. The van der Waals surface area contributed by atoms with Gasteiger partial charge in [-0.15, -0.1) is 0 Å². The number of hydrogen-bond acceptors (Lipinski definition) is 5. The Balaban J connectivity index is 2.21. The van der Waals surface area contributed by atoms with Gasteiger partial charge in [-0.3, -0.25) is 0 Å². The molecule has 1 fully saturated rings. The fourth-order valence-electron chi connectivity index (χ4n) is 2.21. The van der Waals surface area contributed by atoms with Crippen LogP contribution in [0.25, 0.3) is 0 Å². The number of nitrogens with one attached hydrogen (secondary N) is 1. The van der Waals surface area contributed by atoms with Gasteiger partial charge in [-0.2, -0.15) is 0 Å². The van der Waals surface area contributed by atoms with Crippen LogP contribution in [-0.4, -0.2) is 42.8 Å². The molecule has 1 aromatic heterocycles. The van der Waals surface area contributed by atoms with E-state index in [0.717, 1.165) is 30.9 Å². The Bertz CT molecular complexity index is 377. The molecule has 17 heavy (non-hydrogen) atoms. The molecule has 0 aromatic carbocycles. The lowest BCUT2D eigenvalue weighted by atomic mass is 10.2. The molecule has 2 heterocycles. The molecular weight excluding hydrogens is 216 g/mol. The molecule has 1 atom stereocenters. The zero-order valence-electron chi connectivity index (χ0n) is 10.7. The Morgan fingerprint density at radius 1 is 1.53 bits per heavy atom. The lowest BCUT2D eigenvalue weighted by molar-refractivity contribution is 0.323. The number of anilines is 1. The summed E-state index contributed by atoms with van der Waals surface area (Å²) in [6.07, 6.45) is 2.73. The monoisotopic (exact) mass is 236 g/mol. The van der Waals surface area contributed by atoms with E-state index >= 15 is 0 Å². The third-order valence-corrected chi connectivity index (χ3v) is 3.21. The van der Waals surface area contributed by atoms with Gasteiger partial charge < -0.3 is 15.0 Å². The predicted molar refractivity (Wildman–Crippen MR) is 67.6 cm³/mol. The number of aromatic nitrogens is 2. The molecule has 0 spiro atoms. The van der Waals surface area contributed by atoms with Crippen molar-refractivity contribution in [1.29, 1.82) is 0 Å².